The molecule has 0 unspecified atom stereocenters. The third kappa shape index (κ3) is 6.57. The minimum atomic E-state index is -0.686. The molecule has 0 aliphatic rings. The van der Waals surface area contributed by atoms with Crippen molar-refractivity contribution in [3.8, 4) is 5.75 Å². The molecule has 4 nitrogen and oxygen atoms in total. The number of hydrogen-bond donors (Lipinski definition) is 2. The van der Waals surface area contributed by atoms with Gasteiger partial charge in [-0.3, -0.25) is 4.98 Å². The van der Waals surface area contributed by atoms with Crippen LogP contribution in [0.15, 0.2) is 18.3 Å². The molecule has 0 saturated heterocycles. The van der Waals surface area contributed by atoms with Crippen LogP contribution < -0.4 is 10.1 Å². The van der Waals surface area contributed by atoms with Crippen LogP contribution in [0, 0.1) is 0 Å². The first-order valence-electron chi connectivity index (χ1n) is 6.40. The van der Waals surface area contributed by atoms with Crippen molar-refractivity contribution in [3.05, 3.63) is 24.0 Å². The number of pyridine rings is 1. The van der Waals surface area contributed by atoms with Gasteiger partial charge in [-0.15, -0.1) is 0 Å². The fourth-order valence-electron chi connectivity index (χ4n) is 1.33. The van der Waals surface area contributed by atoms with E-state index in [1.165, 1.54) is 0 Å². The minimum absolute atomic E-state index is 0.453. The average molecular weight is 252 g/mol. The Morgan fingerprint density at radius 1 is 1.39 bits per heavy atom. The molecule has 0 spiro atoms. The summed E-state index contributed by atoms with van der Waals surface area (Å²) in [5.41, 5.74) is 0.313. The summed E-state index contributed by atoms with van der Waals surface area (Å²) in [6.07, 6.45) is 2.32. The molecule has 4 heteroatoms. The topological polar surface area (TPSA) is 54.4 Å². The van der Waals surface area contributed by atoms with Crippen LogP contribution in [0.25, 0.3) is 0 Å². The Balaban J connectivity index is 2.36. The maximum absolute atomic E-state index is 9.56. The lowest BCUT2D eigenvalue weighted by molar-refractivity contribution is 0.0553. The molecule has 102 valence electrons. The highest BCUT2D eigenvalue weighted by molar-refractivity contribution is 5.19. The monoisotopic (exact) mass is 252 g/mol. The largest absolute Gasteiger partial charge is 0.492 e. The van der Waals surface area contributed by atoms with Gasteiger partial charge in [-0.2, -0.15) is 0 Å². The van der Waals surface area contributed by atoms with Crippen molar-refractivity contribution in [1.29, 1.82) is 0 Å². The van der Waals surface area contributed by atoms with Gasteiger partial charge in [0.2, 0.25) is 0 Å². The van der Waals surface area contributed by atoms with Crippen LogP contribution in [-0.4, -0.2) is 28.3 Å². The molecular weight excluding hydrogens is 228 g/mol. The van der Waals surface area contributed by atoms with Crippen LogP contribution in [-0.2, 0) is 6.54 Å². The van der Waals surface area contributed by atoms with E-state index >= 15 is 0 Å². The highest BCUT2D eigenvalue weighted by Crippen LogP contribution is 2.12. The number of nitrogens with one attached hydrogen (secondary N) is 1. The first-order valence-corrected chi connectivity index (χ1v) is 6.40. The zero-order valence-electron chi connectivity index (χ0n) is 11.7. The predicted molar refractivity (Wildman–Crippen MR) is 72.6 cm³/mol. The number of hydrogen-bond acceptors (Lipinski definition) is 4. The second-order valence-corrected chi connectivity index (χ2v) is 5.43. The Morgan fingerprint density at radius 3 is 2.61 bits per heavy atom. The van der Waals surface area contributed by atoms with Crippen LogP contribution in [0.5, 0.6) is 5.75 Å². The van der Waals surface area contributed by atoms with E-state index in [1.807, 2.05) is 12.1 Å². The molecule has 2 N–H and O–H groups in total. The van der Waals surface area contributed by atoms with E-state index in [4.69, 9.17) is 4.74 Å². The summed E-state index contributed by atoms with van der Waals surface area (Å²) in [5.74, 6) is 0.743. The van der Waals surface area contributed by atoms with Gasteiger partial charge in [0.25, 0.3) is 0 Å². The number of nitrogens with zero attached hydrogens (tertiary/aromatic N) is 1. The van der Waals surface area contributed by atoms with Crippen molar-refractivity contribution in [1.82, 2.24) is 10.3 Å². The van der Waals surface area contributed by atoms with E-state index in [-0.39, 0.29) is 0 Å². The molecule has 0 fully saturated rings. The Labute approximate surface area is 109 Å². The second kappa shape index (κ2) is 6.71. The first kappa shape index (κ1) is 14.9. The van der Waals surface area contributed by atoms with Gasteiger partial charge in [0.05, 0.1) is 24.1 Å². The van der Waals surface area contributed by atoms with Crippen molar-refractivity contribution in [3.63, 3.8) is 0 Å². The number of aliphatic hydroxyl groups is 1. The molecule has 1 heterocycles. The van der Waals surface area contributed by atoms with E-state index < -0.39 is 5.60 Å². The van der Waals surface area contributed by atoms with E-state index in [1.54, 1.807) is 20.0 Å². The third-order valence-electron chi connectivity index (χ3n) is 2.47. The third-order valence-corrected chi connectivity index (χ3v) is 2.47. The van der Waals surface area contributed by atoms with E-state index in [9.17, 15) is 5.11 Å². The van der Waals surface area contributed by atoms with Gasteiger partial charge in [-0.25, -0.2) is 0 Å². The maximum Gasteiger partial charge on any atom is 0.137 e. The van der Waals surface area contributed by atoms with Gasteiger partial charge in [-0.05, 0) is 26.0 Å². The van der Waals surface area contributed by atoms with E-state index in [0.717, 1.165) is 18.0 Å². The summed E-state index contributed by atoms with van der Waals surface area (Å²) in [4.78, 5) is 4.32. The van der Waals surface area contributed by atoms with Crippen molar-refractivity contribution in [2.75, 3.05) is 6.61 Å². The van der Waals surface area contributed by atoms with Gasteiger partial charge in [0.1, 0.15) is 5.75 Å². The molecule has 0 radical (unpaired) electrons. The minimum Gasteiger partial charge on any atom is -0.492 e. The zero-order chi connectivity index (χ0) is 13.6. The van der Waals surface area contributed by atoms with Crippen molar-refractivity contribution >= 4 is 0 Å². The molecular formula is C14H24N2O2. The zero-order valence-corrected chi connectivity index (χ0v) is 11.7. The second-order valence-electron chi connectivity index (χ2n) is 5.43. The van der Waals surface area contributed by atoms with Crippen molar-refractivity contribution in [2.45, 2.75) is 52.3 Å². The molecule has 0 atom stereocenters. The van der Waals surface area contributed by atoms with Gasteiger partial charge in [-0.1, -0.05) is 13.8 Å². The maximum atomic E-state index is 9.56. The average Bonchev–Trinajstić information content (AvgIpc) is 2.26. The van der Waals surface area contributed by atoms with Crippen LogP contribution in [0.2, 0.25) is 0 Å². The molecule has 18 heavy (non-hydrogen) atoms. The highest BCUT2D eigenvalue weighted by Gasteiger charge is 2.12. The molecule has 1 aromatic rings. The Morgan fingerprint density at radius 2 is 2.11 bits per heavy atom. The molecule has 0 bridgehead atoms. The highest BCUT2D eigenvalue weighted by atomic mass is 16.5. The molecule has 1 aromatic heterocycles. The summed E-state index contributed by atoms with van der Waals surface area (Å²) in [6, 6.07) is 4.32. The summed E-state index contributed by atoms with van der Waals surface area (Å²) in [5, 5.41) is 12.9. The Bertz CT molecular complexity index is 342. The van der Waals surface area contributed by atoms with Crippen molar-refractivity contribution < 1.29 is 9.84 Å². The fourth-order valence-corrected chi connectivity index (χ4v) is 1.33. The molecule has 1 rings (SSSR count). The number of aromatic nitrogens is 1. The van der Waals surface area contributed by atoms with Crippen LogP contribution in [0.1, 0.15) is 39.8 Å². The summed E-state index contributed by atoms with van der Waals surface area (Å²) in [6.45, 7) is 9.02. The lowest BCUT2D eigenvalue weighted by atomic mass is 10.1. The normalized spacial score (nSPS) is 11.9. The smallest absolute Gasteiger partial charge is 0.137 e. The number of rotatable bonds is 7. The molecule has 0 amide bonds. The number of ether oxygens (including phenoxy) is 1. The molecule has 0 aromatic carbocycles. The van der Waals surface area contributed by atoms with Crippen LogP contribution in [0.3, 0.4) is 0 Å². The Hall–Kier alpha value is -1.13. The quantitative estimate of drug-likeness (QED) is 0.780. The van der Waals surface area contributed by atoms with Gasteiger partial charge < -0.3 is 15.2 Å². The molecule has 0 aliphatic heterocycles. The van der Waals surface area contributed by atoms with Crippen LogP contribution >= 0.6 is 0 Å². The SMILES string of the molecule is CC(C)NCc1ccc(OCCC(C)(C)O)cn1. The molecule has 0 aliphatic carbocycles. The lowest BCUT2D eigenvalue weighted by Crippen LogP contribution is -2.22. The summed E-state index contributed by atoms with van der Waals surface area (Å²) < 4.78 is 5.52. The Kier molecular flexibility index (Phi) is 5.56. The van der Waals surface area contributed by atoms with Gasteiger partial charge in [0, 0.05) is 19.0 Å². The first-order chi connectivity index (χ1) is 8.37. The lowest BCUT2D eigenvalue weighted by Gasteiger charge is -2.17. The van der Waals surface area contributed by atoms with E-state index in [2.05, 4.69) is 24.1 Å². The molecule has 0 saturated carbocycles. The van der Waals surface area contributed by atoms with Crippen LogP contribution in [0.4, 0.5) is 0 Å². The fraction of sp³-hybridized carbons (Fsp3) is 0.643. The summed E-state index contributed by atoms with van der Waals surface area (Å²) in [7, 11) is 0. The van der Waals surface area contributed by atoms with Gasteiger partial charge >= 0.3 is 0 Å². The predicted octanol–water partition coefficient (Wildman–Crippen LogP) is 2.12. The van der Waals surface area contributed by atoms with Gasteiger partial charge in [0.15, 0.2) is 0 Å². The van der Waals surface area contributed by atoms with Crippen molar-refractivity contribution in [2.24, 2.45) is 0 Å². The summed E-state index contributed by atoms with van der Waals surface area (Å²) >= 11 is 0. The standard InChI is InChI=1S/C14H24N2O2/c1-11(2)15-9-12-5-6-13(10-16-12)18-8-7-14(3,4)17/h5-6,10-11,15,17H,7-9H2,1-4H3. The van der Waals surface area contributed by atoms with E-state index in [0.29, 0.717) is 19.1 Å².